The van der Waals surface area contributed by atoms with Gasteiger partial charge in [-0.05, 0) is 25.3 Å². The van der Waals surface area contributed by atoms with E-state index in [0.717, 1.165) is 19.5 Å². The molecule has 1 amide bonds. The summed E-state index contributed by atoms with van der Waals surface area (Å²) < 4.78 is 0. The van der Waals surface area contributed by atoms with Crippen molar-refractivity contribution in [2.24, 2.45) is 5.92 Å². The van der Waals surface area contributed by atoms with Crippen LogP contribution in [0.4, 0.5) is 0 Å². The molecule has 5 heteroatoms. The van der Waals surface area contributed by atoms with Crippen LogP contribution in [0.25, 0.3) is 0 Å². The topological polar surface area (TPSA) is 69.6 Å². The van der Waals surface area contributed by atoms with Gasteiger partial charge in [-0.25, -0.2) is 4.79 Å². The second kappa shape index (κ2) is 6.59. The van der Waals surface area contributed by atoms with Gasteiger partial charge in [0.25, 0.3) is 0 Å². The summed E-state index contributed by atoms with van der Waals surface area (Å²) in [5, 5.41) is 11.5. The number of nitrogens with zero attached hydrogens (tertiary/aromatic N) is 1. The van der Waals surface area contributed by atoms with Crippen molar-refractivity contribution in [1.82, 2.24) is 10.2 Å². The van der Waals surface area contributed by atoms with Crippen LogP contribution in [0.15, 0.2) is 0 Å². The molecule has 0 aliphatic carbocycles. The Labute approximate surface area is 102 Å². The van der Waals surface area contributed by atoms with Crippen LogP contribution in [-0.4, -0.2) is 47.6 Å². The average Bonchev–Trinajstić information content (AvgIpc) is 2.64. The standard InChI is InChI=1S/C12H22N2O3/c1-3-4-10-5-6-14(7-10)8-11(12(16)17)13-9(2)15/h10-11H,3-8H2,1-2H3,(H,13,15)(H,16,17). The van der Waals surface area contributed by atoms with E-state index in [-0.39, 0.29) is 5.91 Å². The van der Waals surface area contributed by atoms with Gasteiger partial charge in [-0.3, -0.25) is 4.79 Å². The summed E-state index contributed by atoms with van der Waals surface area (Å²) in [4.78, 5) is 24.0. The van der Waals surface area contributed by atoms with Gasteiger partial charge in [-0.15, -0.1) is 0 Å². The molecule has 1 rings (SSSR count). The number of amides is 1. The molecule has 2 atom stereocenters. The Bertz CT molecular complexity index is 281. The van der Waals surface area contributed by atoms with Crippen molar-refractivity contribution < 1.29 is 14.7 Å². The van der Waals surface area contributed by atoms with Crippen molar-refractivity contribution >= 4 is 11.9 Å². The molecule has 0 aromatic rings. The van der Waals surface area contributed by atoms with E-state index in [1.807, 2.05) is 0 Å². The van der Waals surface area contributed by atoms with Gasteiger partial charge < -0.3 is 15.3 Å². The molecule has 0 bridgehead atoms. The second-order valence-electron chi connectivity index (χ2n) is 4.79. The Morgan fingerprint density at radius 3 is 2.76 bits per heavy atom. The highest BCUT2D eigenvalue weighted by Crippen LogP contribution is 2.20. The second-order valence-corrected chi connectivity index (χ2v) is 4.79. The molecule has 0 aromatic carbocycles. The lowest BCUT2D eigenvalue weighted by Crippen LogP contribution is -2.47. The monoisotopic (exact) mass is 242 g/mol. The van der Waals surface area contributed by atoms with Crippen molar-refractivity contribution in [3.8, 4) is 0 Å². The first-order valence-electron chi connectivity index (χ1n) is 6.25. The fourth-order valence-corrected chi connectivity index (χ4v) is 2.41. The lowest BCUT2D eigenvalue weighted by molar-refractivity contribution is -0.142. The van der Waals surface area contributed by atoms with Gasteiger partial charge in [0.15, 0.2) is 0 Å². The number of aliphatic carboxylic acids is 1. The van der Waals surface area contributed by atoms with Gasteiger partial charge >= 0.3 is 5.97 Å². The van der Waals surface area contributed by atoms with E-state index in [9.17, 15) is 9.59 Å². The number of rotatable bonds is 6. The first kappa shape index (κ1) is 14.0. The van der Waals surface area contributed by atoms with E-state index in [2.05, 4.69) is 17.1 Å². The van der Waals surface area contributed by atoms with Crippen LogP contribution in [-0.2, 0) is 9.59 Å². The van der Waals surface area contributed by atoms with E-state index in [4.69, 9.17) is 5.11 Å². The molecule has 1 aliphatic rings. The summed E-state index contributed by atoms with van der Waals surface area (Å²) in [6.45, 7) is 5.82. The summed E-state index contributed by atoms with van der Waals surface area (Å²) in [5.41, 5.74) is 0. The maximum atomic E-state index is 11.0. The number of carboxylic acid groups (broad SMARTS) is 1. The molecule has 0 radical (unpaired) electrons. The van der Waals surface area contributed by atoms with Crippen LogP contribution in [0.1, 0.15) is 33.1 Å². The molecule has 1 fully saturated rings. The minimum absolute atomic E-state index is 0.290. The third-order valence-electron chi connectivity index (χ3n) is 3.18. The summed E-state index contributed by atoms with van der Waals surface area (Å²) in [6.07, 6.45) is 3.52. The zero-order valence-electron chi connectivity index (χ0n) is 10.6. The van der Waals surface area contributed by atoms with Gasteiger partial charge in [-0.1, -0.05) is 13.3 Å². The third-order valence-corrected chi connectivity index (χ3v) is 3.18. The normalized spacial score (nSPS) is 22.4. The van der Waals surface area contributed by atoms with Gasteiger partial charge in [0.2, 0.25) is 5.91 Å². The molecule has 1 saturated heterocycles. The van der Waals surface area contributed by atoms with Gasteiger partial charge in [-0.2, -0.15) is 0 Å². The number of carboxylic acids is 1. The number of hydrogen-bond donors (Lipinski definition) is 2. The highest BCUT2D eigenvalue weighted by molar-refractivity contribution is 5.82. The van der Waals surface area contributed by atoms with Crippen LogP contribution in [0, 0.1) is 5.92 Å². The van der Waals surface area contributed by atoms with Crippen molar-refractivity contribution in [3.63, 3.8) is 0 Å². The molecule has 5 nitrogen and oxygen atoms in total. The largest absolute Gasteiger partial charge is 0.480 e. The molecular weight excluding hydrogens is 220 g/mol. The molecule has 0 aromatic heterocycles. The van der Waals surface area contributed by atoms with Crippen LogP contribution in [0.5, 0.6) is 0 Å². The summed E-state index contributed by atoms with van der Waals surface area (Å²) in [6, 6.07) is -0.784. The van der Waals surface area contributed by atoms with Gasteiger partial charge in [0.1, 0.15) is 6.04 Å². The number of nitrogens with one attached hydrogen (secondary N) is 1. The Morgan fingerprint density at radius 1 is 1.53 bits per heavy atom. The predicted octanol–water partition coefficient (Wildman–Crippen LogP) is 0.698. The zero-order chi connectivity index (χ0) is 12.8. The highest BCUT2D eigenvalue weighted by Gasteiger charge is 2.27. The summed E-state index contributed by atoms with van der Waals surface area (Å²) >= 11 is 0. The van der Waals surface area contributed by atoms with E-state index in [0.29, 0.717) is 12.5 Å². The van der Waals surface area contributed by atoms with Crippen molar-refractivity contribution in [2.45, 2.75) is 39.2 Å². The quantitative estimate of drug-likeness (QED) is 0.719. The van der Waals surface area contributed by atoms with Crippen molar-refractivity contribution in [3.05, 3.63) is 0 Å². The predicted molar refractivity (Wildman–Crippen MR) is 64.7 cm³/mol. The molecule has 2 unspecified atom stereocenters. The fraction of sp³-hybridized carbons (Fsp3) is 0.833. The first-order chi connectivity index (χ1) is 8.02. The van der Waals surface area contributed by atoms with Gasteiger partial charge in [0, 0.05) is 20.0 Å². The van der Waals surface area contributed by atoms with Crippen LogP contribution < -0.4 is 5.32 Å². The smallest absolute Gasteiger partial charge is 0.327 e. The Morgan fingerprint density at radius 2 is 2.24 bits per heavy atom. The third kappa shape index (κ3) is 4.73. The van der Waals surface area contributed by atoms with Crippen LogP contribution >= 0.6 is 0 Å². The molecule has 98 valence electrons. The zero-order valence-corrected chi connectivity index (χ0v) is 10.6. The van der Waals surface area contributed by atoms with Crippen LogP contribution in [0.2, 0.25) is 0 Å². The first-order valence-corrected chi connectivity index (χ1v) is 6.25. The van der Waals surface area contributed by atoms with Crippen molar-refractivity contribution in [2.75, 3.05) is 19.6 Å². The summed E-state index contributed by atoms with van der Waals surface area (Å²) in [7, 11) is 0. The highest BCUT2D eigenvalue weighted by atomic mass is 16.4. The number of carbonyl (C=O) groups is 2. The number of likely N-dealkylation sites (tertiary alicyclic amines) is 1. The average molecular weight is 242 g/mol. The molecule has 1 aliphatic heterocycles. The molecule has 17 heavy (non-hydrogen) atoms. The fourth-order valence-electron chi connectivity index (χ4n) is 2.41. The number of hydrogen-bond acceptors (Lipinski definition) is 3. The maximum absolute atomic E-state index is 11.0. The molecule has 0 spiro atoms. The van der Waals surface area contributed by atoms with Crippen LogP contribution in [0.3, 0.4) is 0 Å². The molecule has 0 saturated carbocycles. The lowest BCUT2D eigenvalue weighted by atomic mass is 10.0. The minimum Gasteiger partial charge on any atom is -0.480 e. The van der Waals surface area contributed by atoms with E-state index >= 15 is 0 Å². The minimum atomic E-state index is -0.959. The lowest BCUT2D eigenvalue weighted by Gasteiger charge is -2.21. The Kier molecular flexibility index (Phi) is 5.41. The van der Waals surface area contributed by atoms with E-state index < -0.39 is 12.0 Å². The summed E-state index contributed by atoms with van der Waals surface area (Å²) in [5.74, 6) is -0.562. The molecular formula is C12H22N2O3. The molecule has 2 N–H and O–H groups in total. The molecule has 1 heterocycles. The Balaban J connectivity index is 2.41. The Hall–Kier alpha value is -1.10. The SMILES string of the molecule is CCCC1CCN(CC(NC(C)=O)C(=O)O)C1. The van der Waals surface area contributed by atoms with E-state index in [1.165, 1.54) is 19.8 Å². The van der Waals surface area contributed by atoms with Gasteiger partial charge in [0.05, 0.1) is 0 Å². The maximum Gasteiger partial charge on any atom is 0.327 e. The van der Waals surface area contributed by atoms with Crippen molar-refractivity contribution in [1.29, 1.82) is 0 Å². The number of carbonyl (C=O) groups excluding carboxylic acids is 1. The van der Waals surface area contributed by atoms with E-state index in [1.54, 1.807) is 0 Å².